The maximum absolute atomic E-state index is 12.8. The molecule has 0 saturated carbocycles. The Labute approximate surface area is 125 Å². The molecule has 2 aromatic rings. The molecule has 0 unspecified atom stereocenters. The molecule has 1 aliphatic heterocycles. The van der Waals surface area contributed by atoms with Gasteiger partial charge in [0, 0.05) is 24.7 Å². The van der Waals surface area contributed by atoms with Gasteiger partial charge in [-0.05, 0) is 24.1 Å². The Morgan fingerprint density at radius 2 is 1.95 bits per heavy atom. The minimum atomic E-state index is 0.0771. The lowest BCUT2D eigenvalue weighted by Crippen LogP contribution is -2.38. The highest BCUT2D eigenvalue weighted by Gasteiger charge is 2.24. The van der Waals surface area contributed by atoms with Gasteiger partial charge in [-0.1, -0.05) is 37.6 Å². The summed E-state index contributed by atoms with van der Waals surface area (Å²) in [6.07, 6.45) is 5.02. The van der Waals surface area contributed by atoms with Crippen molar-refractivity contribution in [2.45, 2.75) is 26.2 Å². The van der Waals surface area contributed by atoms with E-state index in [1.54, 1.807) is 6.20 Å². The predicted molar refractivity (Wildman–Crippen MR) is 85.1 cm³/mol. The number of amides is 1. The molecular formula is C17H21N3O. The first-order chi connectivity index (χ1) is 10.2. The number of piperidine rings is 1. The second-order valence-electron chi connectivity index (χ2n) is 5.75. The van der Waals surface area contributed by atoms with E-state index in [0.717, 1.165) is 42.6 Å². The Morgan fingerprint density at radius 1 is 1.29 bits per heavy atom. The van der Waals surface area contributed by atoms with Crippen molar-refractivity contribution in [3.63, 3.8) is 0 Å². The number of nitrogen functional groups attached to an aromatic ring is 1. The van der Waals surface area contributed by atoms with E-state index in [0.29, 0.717) is 11.4 Å². The minimum Gasteiger partial charge on any atom is -0.383 e. The summed E-state index contributed by atoms with van der Waals surface area (Å²) in [6, 6.07) is 7.71. The van der Waals surface area contributed by atoms with Gasteiger partial charge in [0.15, 0.2) is 0 Å². The molecule has 3 rings (SSSR count). The van der Waals surface area contributed by atoms with E-state index < -0.39 is 0 Å². The molecule has 2 N–H and O–H groups in total. The molecule has 4 heteroatoms. The molecule has 110 valence electrons. The predicted octanol–water partition coefficient (Wildman–Crippen LogP) is 3.08. The van der Waals surface area contributed by atoms with Crippen LogP contribution < -0.4 is 5.73 Å². The third kappa shape index (κ3) is 2.58. The average molecular weight is 283 g/mol. The average Bonchev–Trinajstić information content (AvgIpc) is 2.55. The van der Waals surface area contributed by atoms with Crippen LogP contribution in [0.1, 0.15) is 36.5 Å². The van der Waals surface area contributed by atoms with E-state index in [2.05, 4.69) is 11.9 Å². The van der Waals surface area contributed by atoms with Crippen molar-refractivity contribution < 1.29 is 4.79 Å². The highest BCUT2D eigenvalue weighted by molar-refractivity contribution is 6.08. The summed E-state index contributed by atoms with van der Waals surface area (Å²) in [5.41, 5.74) is 6.57. The Hall–Kier alpha value is -2.10. The molecule has 0 spiro atoms. The highest BCUT2D eigenvalue weighted by Crippen LogP contribution is 2.26. The first-order valence-corrected chi connectivity index (χ1v) is 7.63. The summed E-state index contributed by atoms with van der Waals surface area (Å²) in [4.78, 5) is 18.9. The van der Waals surface area contributed by atoms with Crippen LogP contribution >= 0.6 is 0 Å². The van der Waals surface area contributed by atoms with Crippen LogP contribution in [0.25, 0.3) is 10.8 Å². The van der Waals surface area contributed by atoms with Crippen molar-refractivity contribution in [3.8, 4) is 0 Å². The molecule has 4 nitrogen and oxygen atoms in total. The molecule has 0 aliphatic carbocycles. The van der Waals surface area contributed by atoms with Crippen molar-refractivity contribution in [1.82, 2.24) is 9.88 Å². The van der Waals surface area contributed by atoms with Gasteiger partial charge in [0.05, 0.1) is 5.56 Å². The fraction of sp³-hybridized carbons (Fsp3) is 0.412. The zero-order valence-electron chi connectivity index (χ0n) is 12.4. The maximum atomic E-state index is 12.8. The van der Waals surface area contributed by atoms with Crippen molar-refractivity contribution in [2.75, 3.05) is 18.8 Å². The number of rotatable bonds is 2. The molecule has 1 saturated heterocycles. The Bertz CT molecular complexity index is 660. The lowest BCUT2D eigenvalue weighted by Gasteiger charge is -2.31. The summed E-state index contributed by atoms with van der Waals surface area (Å²) in [5, 5.41) is 1.75. The normalized spacial score (nSPS) is 16.3. The van der Waals surface area contributed by atoms with Crippen LogP contribution in [0.15, 0.2) is 30.5 Å². The largest absolute Gasteiger partial charge is 0.383 e. The quantitative estimate of drug-likeness (QED) is 0.921. The van der Waals surface area contributed by atoms with Crippen molar-refractivity contribution in [2.24, 2.45) is 5.92 Å². The molecule has 1 amide bonds. The smallest absolute Gasteiger partial charge is 0.256 e. The monoisotopic (exact) mass is 283 g/mol. The lowest BCUT2D eigenvalue weighted by atomic mass is 9.94. The number of benzene rings is 1. The number of nitrogens with zero attached hydrogens (tertiary/aromatic N) is 2. The van der Waals surface area contributed by atoms with Gasteiger partial charge in [0.25, 0.3) is 5.91 Å². The first-order valence-electron chi connectivity index (χ1n) is 7.63. The van der Waals surface area contributed by atoms with Gasteiger partial charge in [-0.25, -0.2) is 4.98 Å². The number of carbonyl (C=O) groups is 1. The zero-order chi connectivity index (χ0) is 14.8. The van der Waals surface area contributed by atoms with Crippen LogP contribution in [0.4, 0.5) is 5.82 Å². The Morgan fingerprint density at radius 3 is 2.62 bits per heavy atom. The second kappa shape index (κ2) is 5.72. The summed E-state index contributed by atoms with van der Waals surface area (Å²) in [6.45, 7) is 3.91. The van der Waals surface area contributed by atoms with E-state index in [-0.39, 0.29) is 5.91 Å². The van der Waals surface area contributed by atoms with E-state index in [1.807, 2.05) is 29.2 Å². The summed E-state index contributed by atoms with van der Waals surface area (Å²) in [7, 11) is 0. The highest BCUT2D eigenvalue weighted by atomic mass is 16.2. The van der Waals surface area contributed by atoms with Crippen LogP contribution in [0.5, 0.6) is 0 Å². The molecule has 2 heterocycles. The van der Waals surface area contributed by atoms with Crippen LogP contribution in [0.2, 0.25) is 0 Å². The standard InChI is InChI=1S/C17H21N3O/c1-2-12-7-9-20(10-8-12)17(21)15-11-19-16(18)14-6-4-3-5-13(14)15/h3-6,11-12H,2,7-10H2,1H3,(H2,18,19). The Balaban J connectivity index is 1.90. The van der Waals surface area contributed by atoms with E-state index in [9.17, 15) is 4.79 Å². The van der Waals surface area contributed by atoms with Gasteiger partial charge in [0.2, 0.25) is 0 Å². The fourth-order valence-electron chi connectivity index (χ4n) is 3.10. The number of hydrogen-bond donors (Lipinski definition) is 1. The molecule has 0 bridgehead atoms. The van der Waals surface area contributed by atoms with Gasteiger partial charge >= 0.3 is 0 Å². The molecule has 0 radical (unpaired) electrons. The third-order valence-corrected chi connectivity index (χ3v) is 4.54. The van der Waals surface area contributed by atoms with Gasteiger partial charge < -0.3 is 10.6 Å². The molecule has 21 heavy (non-hydrogen) atoms. The van der Waals surface area contributed by atoms with Crippen molar-refractivity contribution >= 4 is 22.5 Å². The van der Waals surface area contributed by atoms with Gasteiger partial charge in [-0.2, -0.15) is 0 Å². The van der Waals surface area contributed by atoms with Crippen LogP contribution in [0, 0.1) is 5.92 Å². The van der Waals surface area contributed by atoms with Gasteiger partial charge in [-0.15, -0.1) is 0 Å². The molecule has 0 atom stereocenters. The van der Waals surface area contributed by atoms with Crippen LogP contribution in [-0.2, 0) is 0 Å². The van der Waals surface area contributed by atoms with E-state index in [4.69, 9.17) is 5.73 Å². The minimum absolute atomic E-state index is 0.0771. The van der Waals surface area contributed by atoms with E-state index in [1.165, 1.54) is 6.42 Å². The van der Waals surface area contributed by atoms with Gasteiger partial charge in [0.1, 0.15) is 5.82 Å². The number of pyridine rings is 1. The number of anilines is 1. The van der Waals surface area contributed by atoms with Crippen molar-refractivity contribution in [1.29, 1.82) is 0 Å². The van der Waals surface area contributed by atoms with Gasteiger partial charge in [-0.3, -0.25) is 4.79 Å². The Kier molecular flexibility index (Phi) is 3.78. The summed E-state index contributed by atoms with van der Waals surface area (Å²) >= 11 is 0. The van der Waals surface area contributed by atoms with Crippen molar-refractivity contribution in [3.05, 3.63) is 36.0 Å². The fourth-order valence-corrected chi connectivity index (χ4v) is 3.10. The number of fused-ring (bicyclic) bond motifs is 1. The number of nitrogens with two attached hydrogens (primary N) is 1. The number of carbonyl (C=O) groups excluding carboxylic acids is 1. The first kappa shape index (κ1) is 13.9. The van der Waals surface area contributed by atoms with E-state index >= 15 is 0 Å². The second-order valence-corrected chi connectivity index (χ2v) is 5.75. The maximum Gasteiger partial charge on any atom is 0.256 e. The molecule has 1 aliphatic rings. The molecule has 1 aromatic heterocycles. The zero-order valence-corrected chi connectivity index (χ0v) is 12.4. The van der Waals surface area contributed by atoms with Crippen LogP contribution in [-0.4, -0.2) is 28.9 Å². The van der Waals surface area contributed by atoms with Crippen LogP contribution in [0.3, 0.4) is 0 Å². The number of hydrogen-bond acceptors (Lipinski definition) is 3. The number of likely N-dealkylation sites (tertiary alicyclic amines) is 1. The molecular weight excluding hydrogens is 262 g/mol. The SMILES string of the molecule is CCC1CCN(C(=O)c2cnc(N)c3ccccc23)CC1. The number of aromatic nitrogens is 1. The molecule has 1 fully saturated rings. The summed E-state index contributed by atoms with van der Waals surface area (Å²) in [5.74, 6) is 1.32. The lowest BCUT2D eigenvalue weighted by molar-refractivity contribution is 0.0690. The molecule has 1 aromatic carbocycles. The summed E-state index contributed by atoms with van der Waals surface area (Å²) < 4.78 is 0. The topological polar surface area (TPSA) is 59.2 Å². The third-order valence-electron chi connectivity index (χ3n) is 4.54.